The molecular formula is C92H96N8O16S4. The van der Waals surface area contributed by atoms with Gasteiger partial charge in [0.05, 0.1) is 93.6 Å². The van der Waals surface area contributed by atoms with Crippen molar-refractivity contribution in [2.75, 3.05) is 98.1 Å². The molecule has 16 atom stereocenters. The Bertz CT molecular complexity index is 5460. The maximum atomic E-state index is 13.5. The second-order valence-corrected chi connectivity index (χ2v) is 43.2. The fourth-order valence-corrected chi connectivity index (χ4v) is 29.1. The summed E-state index contributed by atoms with van der Waals surface area (Å²) in [5.74, 6) is -1.22. The minimum Gasteiger partial charge on any atom is -0.464 e. The van der Waals surface area contributed by atoms with Gasteiger partial charge in [0.1, 0.15) is 23.0 Å². The minimum atomic E-state index is -3.68. The molecule has 16 aliphatic rings. The lowest BCUT2D eigenvalue weighted by Gasteiger charge is -2.38. The summed E-state index contributed by atoms with van der Waals surface area (Å²) in [6, 6.07) is 61.1. The molecule has 16 aliphatic heterocycles. The Labute approximate surface area is 701 Å². The molecule has 0 unspecified atom stereocenters. The normalized spacial score (nSPS) is 34.5. The average Bonchev–Trinajstić information content (AvgIpc) is 1.52. The smallest absolute Gasteiger partial charge is 0.243 e. The number of benzene rings is 8. The van der Waals surface area contributed by atoms with Crippen molar-refractivity contribution in [3.63, 3.8) is 0 Å². The fourth-order valence-electron chi connectivity index (χ4n) is 23.3. The van der Waals surface area contributed by atoms with Crippen LogP contribution in [0.25, 0.3) is 0 Å². The zero-order valence-electron chi connectivity index (χ0n) is 68.2. The fraction of sp³-hybridized carbons (Fsp3) is 0.391. The van der Waals surface area contributed by atoms with Crippen molar-refractivity contribution in [3.8, 4) is 0 Å². The largest absolute Gasteiger partial charge is 0.464 e. The first-order valence-electron chi connectivity index (χ1n) is 41.1. The van der Waals surface area contributed by atoms with E-state index >= 15 is 0 Å². The third-order valence-electron chi connectivity index (χ3n) is 28.5. The Morgan fingerprint density at radius 1 is 0.275 bits per heavy atom. The summed E-state index contributed by atoms with van der Waals surface area (Å²) in [6.07, 6.45) is 0. The third kappa shape index (κ3) is 10.7. The standard InChI is InChI=1S/4C23H24N2O4S/c4*1-15-8-10-17(11-9-15)30(26,27)24-12-13-25-19-7-5-4-6-18(19)20-21(25)23(14-24)16(2)28-22(20,3)29-23/h4*4-11,20-21H,2,12-14H2,1,3H3/t4*20-,21+,22-,23-/m1111/s1. The summed E-state index contributed by atoms with van der Waals surface area (Å²) in [5.41, 5.74) is 9.88. The molecule has 28 heteroatoms. The molecule has 0 radical (unpaired) electrons. The number of aryl methyl sites for hydroxylation is 4. The summed E-state index contributed by atoms with van der Waals surface area (Å²) in [5, 5.41) is 0. The quantitative estimate of drug-likeness (QED) is 0.137. The number of hydrogen-bond acceptors (Lipinski definition) is 20. The molecule has 624 valence electrons. The van der Waals surface area contributed by atoms with Crippen LogP contribution in [-0.4, -0.2) is 199 Å². The number of hydrogen-bond donors (Lipinski definition) is 0. The monoisotopic (exact) mass is 1700 g/mol. The van der Waals surface area contributed by atoms with Gasteiger partial charge in [0, 0.05) is 103 Å². The minimum absolute atomic E-state index is 0.0150. The van der Waals surface area contributed by atoms with Gasteiger partial charge < -0.3 is 57.5 Å². The van der Waals surface area contributed by atoms with E-state index in [0.717, 1.165) is 45.0 Å². The van der Waals surface area contributed by atoms with Gasteiger partial charge >= 0.3 is 0 Å². The predicted molar refractivity (Wildman–Crippen MR) is 451 cm³/mol. The van der Waals surface area contributed by atoms with Crippen molar-refractivity contribution >= 4 is 62.8 Å². The van der Waals surface area contributed by atoms with Gasteiger partial charge in [-0.05, 0) is 123 Å². The van der Waals surface area contributed by atoms with Crippen LogP contribution in [0.15, 0.2) is 263 Å². The maximum Gasteiger partial charge on any atom is 0.243 e. The summed E-state index contributed by atoms with van der Waals surface area (Å²) in [4.78, 5) is 10.4. The highest BCUT2D eigenvalue weighted by Crippen LogP contribution is 2.70. The number of fused-ring (bicyclic) bond motifs is 20. The zero-order valence-corrected chi connectivity index (χ0v) is 71.4. The molecule has 0 aliphatic carbocycles. The molecule has 8 aromatic rings. The highest BCUT2D eigenvalue weighted by molar-refractivity contribution is 7.90. The molecule has 0 saturated carbocycles. The van der Waals surface area contributed by atoms with Gasteiger partial charge in [-0.15, -0.1) is 0 Å². The Kier molecular flexibility index (Phi) is 16.9. The lowest BCUT2D eigenvalue weighted by molar-refractivity contribution is -0.143. The van der Waals surface area contributed by atoms with Crippen LogP contribution in [0.1, 0.15) is 95.9 Å². The lowest BCUT2D eigenvalue weighted by atomic mass is 9.80. The number of ether oxygens (including phenoxy) is 8. The second kappa shape index (κ2) is 26.1. The van der Waals surface area contributed by atoms with E-state index in [4.69, 9.17) is 37.9 Å². The molecule has 8 bridgehead atoms. The van der Waals surface area contributed by atoms with Gasteiger partial charge in [0.2, 0.25) is 63.2 Å². The molecule has 12 fully saturated rings. The molecule has 16 heterocycles. The Morgan fingerprint density at radius 2 is 0.458 bits per heavy atom. The highest BCUT2D eigenvalue weighted by Gasteiger charge is 2.80. The molecule has 24 nitrogen and oxygen atoms in total. The topological polar surface area (TPSA) is 236 Å². The average molecular weight is 1700 g/mol. The van der Waals surface area contributed by atoms with E-state index in [1.54, 1.807) is 65.8 Å². The van der Waals surface area contributed by atoms with E-state index < -0.39 is 85.6 Å². The van der Waals surface area contributed by atoms with Crippen molar-refractivity contribution in [2.45, 2.75) is 168 Å². The van der Waals surface area contributed by atoms with Crippen molar-refractivity contribution in [2.24, 2.45) is 0 Å². The van der Waals surface area contributed by atoms with Crippen molar-refractivity contribution in [1.82, 2.24) is 17.2 Å². The van der Waals surface area contributed by atoms with Crippen LogP contribution in [0.5, 0.6) is 0 Å². The van der Waals surface area contributed by atoms with E-state index in [1.165, 1.54) is 22.3 Å². The third-order valence-corrected chi connectivity index (χ3v) is 35.9. The Balaban J connectivity index is 0.0000000990. The molecule has 24 rings (SSSR count). The SMILES string of the molecule is C=C1O[C@]2(C)O[C@]13CN(S(=O)(=O)c1ccc(C)cc1)CCN1c4ccccc4[C@@H]2[C@H]13.C=C1O[C@]2(C)O[C@]13CN(S(=O)(=O)c1ccc(C)cc1)CCN1c4ccccc4[C@@H]2[C@H]13.C=C1O[C@]2(C)O[C@]13CN(S(=O)(=O)c1ccc(C)cc1)CCN1c4ccccc4[C@@H]2[C@H]13.C=C1O[C@]2(C)O[C@]13CN(S(=O)(=O)c1ccc(C)cc1)CCN1c4ccccc4[C@@H]2[C@H]13. The van der Waals surface area contributed by atoms with Crippen LogP contribution in [0.2, 0.25) is 0 Å². The summed E-state index contributed by atoms with van der Waals surface area (Å²) < 4.78 is 165. The van der Waals surface area contributed by atoms with Gasteiger partial charge in [-0.1, -0.05) is 170 Å². The molecule has 0 aromatic heterocycles. The van der Waals surface area contributed by atoms with Gasteiger partial charge in [-0.2, -0.15) is 17.2 Å². The van der Waals surface area contributed by atoms with Crippen LogP contribution >= 0.6 is 0 Å². The van der Waals surface area contributed by atoms with Crippen LogP contribution in [-0.2, 0) is 78.0 Å². The molecule has 120 heavy (non-hydrogen) atoms. The van der Waals surface area contributed by atoms with Crippen LogP contribution in [0.3, 0.4) is 0 Å². The van der Waals surface area contributed by atoms with Crippen LogP contribution < -0.4 is 19.6 Å². The second-order valence-electron chi connectivity index (χ2n) is 35.4. The number of rotatable bonds is 8. The molecule has 12 saturated heterocycles. The van der Waals surface area contributed by atoms with E-state index in [-0.39, 0.29) is 74.0 Å². The first-order chi connectivity index (χ1) is 57.0. The predicted octanol–water partition coefficient (Wildman–Crippen LogP) is 12.0. The Morgan fingerprint density at radius 3 is 0.650 bits per heavy atom. The van der Waals surface area contributed by atoms with Crippen LogP contribution in [0, 0.1) is 27.7 Å². The van der Waals surface area contributed by atoms with Crippen molar-refractivity contribution < 1.29 is 71.6 Å². The van der Waals surface area contributed by atoms with Crippen molar-refractivity contribution in [1.29, 1.82) is 0 Å². The Hall–Kier alpha value is -9.40. The van der Waals surface area contributed by atoms with Gasteiger partial charge in [-0.3, -0.25) is 0 Å². The van der Waals surface area contributed by atoms with E-state index in [2.05, 4.69) is 94.4 Å². The molecule has 0 amide bonds. The first-order valence-corrected chi connectivity index (χ1v) is 46.8. The van der Waals surface area contributed by atoms with E-state index in [0.29, 0.717) is 95.0 Å². The van der Waals surface area contributed by atoms with Crippen molar-refractivity contribution in [3.05, 3.63) is 288 Å². The van der Waals surface area contributed by atoms with Gasteiger partial charge in [0.25, 0.3) is 0 Å². The molecule has 8 aromatic carbocycles. The number of nitrogens with zero attached hydrogens (tertiary/aromatic N) is 8. The first kappa shape index (κ1) is 77.9. The number of anilines is 4. The molecular weight excluding hydrogens is 1600 g/mol. The summed E-state index contributed by atoms with van der Waals surface area (Å²) in [6.45, 7) is 36.9. The maximum absolute atomic E-state index is 13.5. The summed E-state index contributed by atoms with van der Waals surface area (Å²) >= 11 is 0. The van der Waals surface area contributed by atoms with Gasteiger partial charge in [-0.25, -0.2) is 33.7 Å². The highest BCUT2D eigenvalue weighted by atomic mass is 32.2. The zero-order chi connectivity index (χ0) is 83.6. The van der Waals surface area contributed by atoms with Crippen LogP contribution in [0.4, 0.5) is 22.7 Å². The number of para-hydroxylation sites is 4. The van der Waals surface area contributed by atoms with E-state index in [1.807, 2.05) is 152 Å². The lowest BCUT2D eigenvalue weighted by Crippen LogP contribution is -2.54. The summed E-state index contributed by atoms with van der Waals surface area (Å²) in [7, 11) is -14.7. The molecule has 0 N–H and O–H groups in total. The van der Waals surface area contributed by atoms with Gasteiger partial charge in [0.15, 0.2) is 22.4 Å². The molecule has 4 spiro atoms. The number of sulfonamides is 4. The van der Waals surface area contributed by atoms with E-state index in [9.17, 15) is 33.7 Å².